The number of thiol groups is 1. The number of rotatable bonds is 0. The number of anilines is 2. The zero-order chi connectivity index (χ0) is 17.8. The summed E-state index contributed by atoms with van der Waals surface area (Å²) < 4.78 is 5.84. The fourth-order valence-corrected chi connectivity index (χ4v) is 1.51. The summed E-state index contributed by atoms with van der Waals surface area (Å²) in [5, 5.41) is 9.62. The lowest BCUT2D eigenvalue weighted by Gasteiger charge is -2.18. The van der Waals surface area contributed by atoms with Gasteiger partial charge in [-0.2, -0.15) is 17.6 Å². The predicted octanol–water partition coefficient (Wildman–Crippen LogP) is 5.62. The molecule has 0 amide bonds. The average Bonchev–Trinajstić information content (AvgIpc) is 2.56. The number of benzene rings is 1. The summed E-state index contributed by atoms with van der Waals surface area (Å²) in [6, 6.07) is 7.57. The van der Waals surface area contributed by atoms with Crippen LogP contribution in [-0.2, 0) is 0 Å². The second-order valence-electron chi connectivity index (χ2n) is 4.75. The standard InChI is InChI=1S/C9H6N4OS.C4H10.C2H6.CH4S/c15-9-11-7-8(12-13-9)14-6-4-2-1-3-5(6)10-7;1-4(2)3;2*1-2/h1-4H,(H2,10,11,13,15);4H,1-3H3;1-2H3;2H,1H3. The van der Waals surface area contributed by atoms with Gasteiger partial charge in [0, 0.05) is 0 Å². The van der Waals surface area contributed by atoms with Gasteiger partial charge >= 0.3 is 0 Å². The van der Waals surface area contributed by atoms with Crippen LogP contribution in [0.3, 0.4) is 0 Å². The maximum absolute atomic E-state index is 5.52. The Balaban J connectivity index is 0.000000523. The number of ether oxygens (including phenoxy) is 1. The molecule has 5 nitrogen and oxygen atoms in total. The number of aromatic nitrogens is 3. The van der Waals surface area contributed by atoms with Crippen LogP contribution in [0.15, 0.2) is 24.3 Å². The Kier molecular flexibility index (Phi) is 11.1. The molecule has 0 fully saturated rings. The van der Waals surface area contributed by atoms with Crippen LogP contribution in [0.2, 0.25) is 0 Å². The van der Waals surface area contributed by atoms with E-state index in [0.717, 1.165) is 17.4 Å². The van der Waals surface area contributed by atoms with Crippen LogP contribution in [0.5, 0.6) is 11.6 Å². The topological polar surface area (TPSA) is 62.8 Å². The number of aromatic amines is 1. The van der Waals surface area contributed by atoms with Crippen molar-refractivity contribution in [3.05, 3.63) is 29.0 Å². The molecule has 0 bridgehead atoms. The van der Waals surface area contributed by atoms with E-state index in [4.69, 9.17) is 17.0 Å². The molecule has 1 aliphatic rings. The molecule has 0 unspecified atom stereocenters. The molecule has 0 aliphatic carbocycles. The lowest BCUT2D eigenvalue weighted by atomic mass is 10.2. The highest BCUT2D eigenvalue weighted by atomic mass is 32.1. The Labute approximate surface area is 149 Å². The lowest BCUT2D eigenvalue weighted by Crippen LogP contribution is -2.07. The third-order valence-electron chi connectivity index (χ3n) is 2.02. The Morgan fingerprint density at radius 3 is 2.30 bits per heavy atom. The molecule has 128 valence electrons. The minimum Gasteiger partial charge on any atom is -0.433 e. The van der Waals surface area contributed by atoms with E-state index in [1.165, 1.54) is 0 Å². The lowest BCUT2D eigenvalue weighted by molar-refractivity contribution is 0.449. The molecule has 2 N–H and O–H groups in total. The van der Waals surface area contributed by atoms with Gasteiger partial charge in [0.1, 0.15) is 0 Å². The number of hydrogen-bond acceptors (Lipinski definition) is 6. The molecule has 2 aromatic rings. The normalized spacial score (nSPS) is 9.91. The molecular formula is C16H26N4OS2. The summed E-state index contributed by atoms with van der Waals surface area (Å²) in [5.41, 5.74) is 0.861. The molecule has 1 aliphatic heterocycles. The van der Waals surface area contributed by atoms with E-state index < -0.39 is 0 Å². The van der Waals surface area contributed by atoms with E-state index in [1.54, 1.807) is 6.26 Å². The van der Waals surface area contributed by atoms with Gasteiger partial charge < -0.3 is 10.1 Å². The molecule has 0 saturated carbocycles. The summed E-state index contributed by atoms with van der Waals surface area (Å²) in [7, 11) is 0. The third kappa shape index (κ3) is 7.47. The molecule has 7 heteroatoms. The summed E-state index contributed by atoms with van der Waals surface area (Å²) >= 11 is 8.40. The second kappa shape index (κ2) is 11.9. The first-order valence-corrected chi connectivity index (χ1v) is 8.82. The van der Waals surface area contributed by atoms with E-state index in [0.29, 0.717) is 16.5 Å². The van der Waals surface area contributed by atoms with E-state index in [-0.39, 0.29) is 0 Å². The van der Waals surface area contributed by atoms with Crippen molar-refractivity contribution in [2.24, 2.45) is 5.92 Å². The number of para-hydroxylation sites is 2. The van der Waals surface area contributed by atoms with Gasteiger partial charge in [0.2, 0.25) is 4.77 Å². The van der Waals surface area contributed by atoms with Crippen LogP contribution in [0, 0.1) is 10.7 Å². The van der Waals surface area contributed by atoms with Crippen molar-refractivity contribution in [3.63, 3.8) is 0 Å². The van der Waals surface area contributed by atoms with Gasteiger partial charge in [-0.25, -0.2) is 5.10 Å². The number of nitrogens with one attached hydrogen (secondary N) is 2. The van der Waals surface area contributed by atoms with Crippen molar-refractivity contribution in [1.29, 1.82) is 0 Å². The molecule has 1 aromatic heterocycles. The van der Waals surface area contributed by atoms with Gasteiger partial charge in [-0.1, -0.05) is 46.8 Å². The van der Waals surface area contributed by atoms with Gasteiger partial charge in [-0.15, -0.1) is 5.10 Å². The van der Waals surface area contributed by atoms with Crippen LogP contribution in [0.1, 0.15) is 34.6 Å². The quantitative estimate of drug-likeness (QED) is 0.361. The first-order valence-electron chi connectivity index (χ1n) is 7.51. The zero-order valence-electron chi connectivity index (χ0n) is 14.5. The molecule has 23 heavy (non-hydrogen) atoms. The Hall–Kier alpha value is -1.60. The number of nitrogens with zero attached hydrogens (tertiary/aromatic N) is 2. The first-order chi connectivity index (χ1) is 11.1. The average molecular weight is 355 g/mol. The highest BCUT2D eigenvalue weighted by Gasteiger charge is 2.17. The van der Waals surface area contributed by atoms with E-state index >= 15 is 0 Å². The first kappa shape index (κ1) is 21.4. The number of hydrogen-bond donors (Lipinski definition) is 3. The molecule has 0 atom stereocenters. The second-order valence-corrected chi connectivity index (χ2v) is 5.14. The highest BCUT2D eigenvalue weighted by Crippen LogP contribution is 2.38. The fourth-order valence-electron chi connectivity index (χ4n) is 1.37. The molecule has 0 saturated heterocycles. The van der Waals surface area contributed by atoms with Gasteiger partial charge in [0.05, 0.1) is 5.69 Å². The van der Waals surface area contributed by atoms with Crippen LogP contribution in [-0.4, -0.2) is 21.4 Å². The van der Waals surface area contributed by atoms with Crippen molar-refractivity contribution >= 4 is 36.4 Å². The van der Waals surface area contributed by atoms with Crippen LogP contribution in [0.25, 0.3) is 0 Å². The molecule has 3 rings (SSSR count). The SMILES string of the molecule is CC.CC(C)C.CS.S=c1nc2c(n[nH]1)Oc1ccccc1N2. The summed E-state index contributed by atoms with van der Waals surface area (Å²) in [5.74, 6) is 2.50. The van der Waals surface area contributed by atoms with Crippen LogP contribution < -0.4 is 10.1 Å². The smallest absolute Gasteiger partial charge is 0.280 e. The Morgan fingerprint density at radius 1 is 1.13 bits per heavy atom. The van der Waals surface area contributed by atoms with Crippen LogP contribution >= 0.6 is 24.8 Å². The molecular weight excluding hydrogens is 328 g/mol. The number of H-pyrrole nitrogens is 1. The Morgan fingerprint density at radius 2 is 1.70 bits per heavy atom. The summed E-state index contributed by atoms with van der Waals surface area (Å²) in [6.45, 7) is 10.5. The van der Waals surface area contributed by atoms with Gasteiger partial charge in [0.15, 0.2) is 11.6 Å². The van der Waals surface area contributed by atoms with Gasteiger partial charge in [0.25, 0.3) is 5.88 Å². The minimum absolute atomic E-state index is 0.323. The number of fused-ring (bicyclic) bond motifs is 2. The van der Waals surface area contributed by atoms with Gasteiger partial charge in [-0.3, -0.25) is 0 Å². The monoisotopic (exact) mass is 354 g/mol. The van der Waals surface area contributed by atoms with Crippen molar-refractivity contribution in [2.45, 2.75) is 34.6 Å². The molecule has 0 radical (unpaired) electrons. The minimum atomic E-state index is 0.323. The highest BCUT2D eigenvalue weighted by molar-refractivity contribution is 7.79. The molecule has 0 spiro atoms. The molecule has 1 aromatic carbocycles. The maximum atomic E-state index is 5.52. The van der Waals surface area contributed by atoms with E-state index in [1.807, 2.05) is 38.1 Å². The van der Waals surface area contributed by atoms with E-state index in [9.17, 15) is 0 Å². The van der Waals surface area contributed by atoms with Crippen molar-refractivity contribution in [2.75, 3.05) is 11.6 Å². The summed E-state index contributed by atoms with van der Waals surface area (Å²) in [6.07, 6.45) is 1.69. The fraction of sp³-hybridized carbons (Fsp3) is 0.438. The third-order valence-corrected chi connectivity index (χ3v) is 2.20. The van der Waals surface area contributed by atoms with Gasteiger partial charge in [-0.05, 0) is 36.5 Å². The largest absolute Gasteiger partial charge is 0.433 e. The van der Waals surface area contributed by atoms with Crippen LogP contribution in [0.4, 0.5) is 11.5 Å². The Bertz CT molecular complexity index is 627. The summed E-state index contributed by atoms with van der Waals surface area (Å²) in [4.78, 5) is 4.07. The predicted molar refractivity (Wildman–Crippen MR) is 104 cm³/mol. The molecule has 2 heterocycles. The van der Waals surface area contributed by atoms with Crippen molar-refractivity contribution in [1.82, 2.24) is 15.2 Å². The zero-order valence-corrected chi connectivity index (χ0v) is 16.3. The van der Waals surface area contributed by atoms with E-state index in [2.05, 4.69) is 53.9 Å². The van der Waals surface area contributed by atoms with Crippen molar-refractivity contribution < 1.29 is 4.74 Å². The maximum Gasteiger partial charge on any atom is 0.280 e. The van der Waals surface area contributed by atoms with Crippen molar-refractivity contribution in [3.8, 4) is 11.6 Å².